The summed E-state index contributed by atoms with van der Waals surface area (Å²) in [4.78, 5) is 27.5. The molecule has 2 aromatic rings. The van der Waals surface area contributed by atoms with Crippen molar-refractivity contribution in [2.24, 2.45) is 0 Å². The number of unbranched alkanes of at least 4 members (excludes halogenated alkanes) is 1. The van der Waals surface area contributed by atoms with Crippen LogP contribution in [0.2, 0.25) is 5.02 Å². The van der Waals surface area contributed by atoms with Crippen LogP contribution in [0, 0.1) is 6.92 Å². The molecule has 0 aromatic heterocycles. The highest BCUT2D eigenvalue weighted by atomic mass is 35.5. The number of hydrogen-bond acceptors (Lipinski definition) is 3. The van der Waals surface area contributed by atoms with Crippen LogP contribution >= 0.6 is 11.6 Å². The van der Waals surface area contributed by atoms with Crippen molar-refractivity contribution in [3.05, 3.63) is 64.7 Å². The SMILES string of the molecule is CCCCNC(=O)[C@H](CC)N(Cc1ccccc1Cl)C(=O)COc1cccc(C)c1. The maximum absolute atomic E-state index is 13.1. The van der Waals surface area contributed by atoms with E-state index in [0.717, 1.165) is 24.0 Å². The average molecular weight is 431 g/mol. The maximum Gasteiger partial charge on any atom is 0.261 e. The molecule has 0 aliphatic carbocycles. The lowest BCUT2D eigenvalue weighted by atomic mass is 10.1. The van der Waals surface area contributed by atoms with Gasteiger partial charge in [0, 0.05) is 18.1 Å². The predicted molar refractivity (Wildman–Crippen MR) is 121 cm³/mol. The first-order valence-electron chi connectivity index (χ1n) is 10.5. The van der Waals surface area contributed by atoms with Crippen molar-refractivity contribution < 1.29 is 14.3 Å². The third kappa shape index (κ3) is 7.06. The number of ether oxygens (including phenoxy) is 1. The van der Waals surface area contributed by atoms with E-state index in [4.69, 9.17) is 16.3 Å². The summed E-state index contributed by atoms with van der Waals surface area (Å²) in [5, 5.41) is 3.51. The average Bonchev–Trinajstić information content (AvgIpc) is 2.73. The van der Waals surface area contributed by atoms with Crippen LogP contribution in [0.1, 0.15) is 44.2 Å². The Labute approximate surface area is 184 Å². The van der Waals surface area contributed by atoms with Crippen LogP contribution in [0.25, 0.3) is 0 Å². The fourth-order valence-electron chi connectivity index (χ4n) is 3.17. The molecule has 30 heavy (non-hydrogen) atoms. The van der Waals surface area contributed by atoms with Crippen molar-refractivity contribution >= 4 is 23.4 Å². The number of halogens is 1. The Hall–Kier alpha value is -2.53. The molecule has 0 radical (unpaired) electrons. The number of benzene rings is 2. The summed E-state index contributed by atoms with van der Waals surface area (Å²) in [6.07, 6.45) is 2.39. The largest absolute Gasteiger partial charge is 0.484 e. The number of nitrogens with one attached hydrogen (secondary N) is 1. The van der Waals surface area contributed by atoms with Crippen LogP contribution < -0.4 is 10.1 Å². The molecule has 1 atom stereocenters. The van der Waals surface area contributed by atoms with Crippen molar-refractivity contribution in [2.75, 3.05) is 13.2 Å². The van der Waals surface area contributed by atoms with Gasteiger partial charge in [0.25, 0.3) is 5.91 Å². The second-order valence-corrected chi connectivity index (χ2v) is 7.69. The molecule has 0 saturated carbocycles. The Bertz CT molecular complexity index is 841. The third-order valence-corrected chi connectivity index (χ3v) is 5.23. The summed E-state index contributed by atoms with van der Waals surface area (Å²) in [7, 11) is 0. The molecule has 0 aliphatic rings. The Morgan fingerprint density at radius 2 is 1.90 bits per heavy atom. The lowest BCUT2D eigenvalue weighted by Crippen LogP contribution is -2.50. The van der Waals surface area contributed by atoms with Crippen molar-refractivity contribution in [1.29, 1.82) is 0 Å². The van der Waals surface area contributed by atoms with E-state index in [-0.39, 0.29) is 25.0 Å². The monoisotopic (exact) mass is 430 g/mol. The van der Waals surface area contributed by atoms with Gasteiger partial charge in [0.1, 0.15) is 11.8 Å². The van der Waals surface area contributed by atoms with Gasteiger partial charge in [-0.15, -0.1) is 0 Å². The van der Waals surface area contributed by atoms with Gasteiger partial charge in [-0.3, -0.25) is 9.59 Å². The van der Waals surface area contributed by atoms with Gasteiger partial charge in [-0.25, -0.2) is 0 Å². The van der Waals surface area contributed by atoms with E-state index < -0.39 is 6.04 Å². The number of hydrogen-bond donors (Lipinski definition) is 1. The van der Waals surface area contributed by atoms with Crippen LogP contribution in [0.4, 0.5) is 0 Å². The van der Waals surface area contributed by atoms with Crippen LogP contribution in [0.5, 0.6) is 5.75 Å². The quantitative estimate of drug-likeness (QED) is 0.523. The Kier molecular flexibility index (Phi) is 9.68. The normalized spacial score (nSPS) is 11.6. The molecule has 162 valence electrons. The van der Waals surface area contributed by atoms with Crippen LogP contribution in [-0.4, -0.2) is 35.9 Å². The Balaban J connectivity index is 2.19. The van der Waals surface area contributed by atoms with Gasteiger partial charge < -0.3 is 15.0 Å². The molecule has 0 saturated heterocycles. The van der Waals surface area contributed by atoms with Crippen LogP contribution in [-0.2, 0) is 16.1 Å². The molecule has 0 heterocycles. The number of amides is 2. The molecular formula is C24H31ClN2O3. The number of aryl methyl sites for hydroxylation is 1. The molecule has 2 aromatic carbocycles. The van der Waals surface area contributed by atoms with E-state index in [1.54, 1.807) is 11.0 Å². The number of nitrogens with zero attached hydrogens (tertiary/aromatic N) is 1. The van der Waals surface area contributed by atoms with Gasteiger partial charge >= 0.3 is 0 Å². The van der Waals surface area contributed by atoms with Crippen molar-refractivity contribution in [3.63, 3.8) is 0 Å². The number of carbonyl (C=O) groups is 2. The van der Waals surface area contributed by atoms with Crippen LogP contribution in [0.3, 0.4) is 0 Å². The molecule has 1 N–H and O–H groups in total. The molecule has 0 aliphatic heterocycles. The topological polar surface area (TPSA) is 58.6 Å². The molecule has 0 spiro atoms. The summed E-state index contributed by atoms with van der Waals surface area (Å²) in [5.74, 6) is 0.220. The Morgan fingerprint density at radius 3 is 2.57 bits per heavy atom. The molecule has 2 amide bonds. The highest BCUT2D eigenvalue weighted by Gasteiger charge is 2.29. The second kappa shape index (κ2) is 12.2. The molecular weight excluding hydrogens is 400 g/mol. The third-order valence-electron chi connectivity index (χ3n) is 4.87. The van der Waals surface area contributed by atoms with Gasteiger partial charge in [0.15, 0.2) is 6.61 Å². The number of rotatable bonds is 11. The van der Waals surface area contributed by atoms with E-state index >= 15 is 0 Å². The van der Waals surface area contributed by atoms with Crippen molar-refractivity contribution in [1.82, 2.24) is 10.2 Å². The maximum atomic E-state index is 13.1. The summed E-state index contributed by atoms with van der Waals surface area (Å²) in [6, 6.07) is 14.3. The fraction of sp³-hybridized carbons (Fsp3) is 0.417. The summed E-state index contributed by atoms with van der Waals surface area (Å²) >= 11 is 6.32. The minimum absolute atomic E-state index is 0.146. The first-order valence-corrected chi connectivity index (χ1v) is 10.8. The fourth-order valence-corrected chi connectivity index (χ4v) is 3.36. The Morgan fingerprint density at radius 1 is 1.13 bits per heavy atom. The summed E-state index contributed by atoms with van der Waals surface area (Å²) < 4.78 is 5.71. The summed E-state index contributed by atoms with van der Waals surface area (Å²) in [5.41, 5.74) is 1.84. The van der Waals surface area contributed by atoms with Gasteiger partial charge in [0.05, 0.1) is 0 Å². The van der Waals surface area contributed by atoms with Gasteiger partial charge in [0.2, 0.25) is 5.91 Å². The van der Waals surface area contributed by atoms with Crippen molar-refractivity contribution in [2.45, 2.75) is 52.6 Å². The van der Waals surface area contributed by atoms with Gasteiger partial charge in [-0.1, -0.05) is 62.2 Å². The standard InChI is InChI=1S/C24H31ClN2O3/c1-4-6-14-26-24(29)22(5-2)27(16-19-11-7-8-13-21(19)25)23(28)17-30-20-12-9-10-18(3)15-20/h7-13,15,22H,4-6,14,16-17H2,1-3H3,(H,26,29)/t22-/m0/s1. The van der Waals surface area contributed by atoms with E-state index in [1.165, 1.54) is 0 Å². The second-order valence-electron chi connectivity index (χ2n) is 7.29. The molecule has 0 unspecified atom stereocenters. The van der Waals surface area contributed by atoms with E-state index in [0.29, 0.717) is 23.7 Å². The van der Waals surface area contributed by atoms with Crippen LogP contribution in [0.15, 0.2) is 48.5 Å². The number of carbonyl (C=O) groups excluding carboxylic acids is 2. The van der Waals surface area contributed by atoms with Gasteiger partial charge in [-0.05, 0) is 49.1 Å². The highest BCUT2D eigenvalue weighted by Crippen LogP contribution is 2.20. The lowest BCUT2D eigenvalue weighted by molar-refractivity contribution is -0.143. The smallest absolute Gasteiger partial charge is 0.261 e. The molecule has 0 fully saturated rings. The zero-order valence-electron chi connectivity index (χ0n) is 18.0. The van der Waals surface area contributed by atoms with E-state index in [1.807, 2.05) is 56.3 Å². The highest BCUT2D eigenvalue weighted by molar-refractivity contribution is 6.31. The van der Waals surface area contributed by atoms with Gasteiger partial charge in [-0.2, -0.15) is 0 Å². The zero-order valence-corrected chi connectivity index (χ0v) is 18.7. The predicted octanol–water partition coefficient (Wildman–Crippen LogP) is 4.75. The molecule has 0 bridgehead atoms. The minimum Gasteiger partial charge on any atom is -0.484 e. The first kappa shape index (κ1) is 23.7. The van der Waals surface area contributed by atoms with E-state index in [2.05, 4.69) is 12.2 Å². The lowest BCUT2D eigenvalue weighted by Gasteiger charge is -2.31. The van der Waals surface area contributed by atoms with Crippen molar-refractivity contribution in [3.8, 4) is 5.75 Å². The minimum atomic E-state index is -0.591. The zero-order chi connectivity index (χ0) is 21.9. The summed E-state index contributed by atoms with van der Waals surface area (Å²) in [6.45, 7) is 6.63. The molecule has 5 nitrogen and oxygen atoms in total. The van der Waals surface area contributed by atoms with E-state index in [9.17, 15) is 9.59 Å². The first-order chi connectivity index (χ1) is 14.5. The molecule has 2 rings (SSSR count). The molecule has 6 heteroatoms.